The minimum Gasteiger partial charge on any atom is -0.495 e. The predicted octanol–water partition coefficient (Wildman–Crippen LogP) is 2.49. The molecule has 1 fully saturated rings. The molecule has 2 aromatic rings. The van der Waals surface area contributed by atoms with Crippen LogP contribution in [0.15, 0.2) is 47.4 Å². The topological polar surface area (TPSA) is 111 Å². The van der Waals surface area contributed by atoms with Gasteiger partial charge in [0.15, 0.2) is 11.5 Å². The first kappa shape index (κ1) is 19.5. The number of methoxy groups -OCH3 is 1. The van der Waals surface area contributed by atoms with Gasteiger partial charge in [0, 0.05) is 11.5 Å². The highest BCUT2D eigenvalue weighted by Gasteiger charge is 2.40. The van der Waals surface area contributed by atoms with Crippen LogP contribution in [0, 0.1) is 0 Å². The maximum absolute atomic E-state index is 12.7. The second kappa shape index (κ2) is 7.57. The Morgan fingerprint density at radius 1 is 1.17 bits per heavy atom. The molecular weight excluding hydrogens is 398 g/mol. The van der Waals surface area contributed by atoms with Gasteiger partial charge in [0.2, 0.25) is 10.0 Å². The third-order valence-corrected chi connectivity index (χ3v) is 6.66. The number of hydrogen-bond acceptors (Lipinski definition) is 6. The van der Waals surface area contributed by atoms with Crippen molar-refractivity contribution in [3.05, 3.63) is 48.0 Å². The SMILES string of the molecule is COc1ccccc1S(=O)(=O)NC(Oc1cccc2c1OC1CCCC21)C(=O)O. The Morgan fingerprint density at radius 3 is 2.69 bits per heavy atom. The van der Waals surface area contributed by atoms with Gasteiger partial charge in [-0.2, -0.15) is 4.72 Å². The Morgan fingerprint density at radius 2 is 1.93 bits per heavy atom. The van der Waals surface area contributed by atoms with Crippen LogP contribution < -0.4 is 18.9 Å². The summed E-state index contributed by atoms with van der Waals surface area (Å²) in [6, 6.07) is 11.2. The molecule has 2 N–H and O–H groups in total. The van der Waals surface area contributed by atoms with Crippen LogP contribution >= 0.6 is 0 Å². The zero-order chi connectivity index (χ0) is 20.6. The van der Waals surface area contributed by atoms with Crippen LogP contribution in [-0.2, 0) is 14.8 Å². The molecule has 0 spiro atoms. The molecule has 0 saturated heterocycles. The Kier molecular flexibility index (Phi) is 5.10. The number of aliphatic carboxylic acids is 1. The molecule has 1 aliphatic heterocycles. The molecule has 2 aliphatic rings. The molecule has 1 heterocycles. The highest BCUT2D eigenvalue weighted by atomic mass is 32.2. The van der Waals surface area contributed by atoms with Crippen LogP contribution in [0.5, 0.6) is 17.2 Å². The number of rotatable bonds is 7. The first-order valence-corrected chi connectivity index (χ1v) is 10.7. The van der Waals surface area contributed by atoms with Crippen molar-refractivity contribution in [1.29, 1.82) is 0 Å². The second-order valence-corrected chi connectivity index (χ2v) is 8.66. The minimum atomic E-state index is -4.22. The van der Waals surface area contributed by atoms with Crippen LogP contribution in [-0.4, -0.2) is 38.9 Å². The normalized spacial score (nSPS) is 21.0. The Labute approximate surface area is 168 Å². The first-order valence-electron chi connectivity index (χ1n) is 9.25. The largest absolute Gasteiger partial charge is 0.495 e. The number of carboxylic acids is 1. The van der Waals surface area contributed by atoms with Gasteiger partial charge in [-0.25, -0.2) is 13.2 Å². The average Bonchev–Trinajstić information content (AvgIpc) is 3.29. The highest BCUT2D eigenvalue weighted by Crippen LogP contribution is 2.50. The molecule has 3 unspecified atom stereocenters. The number of benzene rings is 2. The highest BCUT2D eigenvalue weighted by molar-refractivity contribution is 7.89. The average molecular weight is 419 g/mol. The van der Waals surface area contributed by atoms with Crippen molar-refractivity contribution < 1.29 is 32.5 Å². The van der Waals surface area contributed by atoms with E-state index in [-0.39, 0.29) is 28.4 Å². The monoisotopic (exact) mass is 419 g/mol. The molecule has 3 atom stereocenters. The predicted molar refractivity (Wildman–Crippen MR) is 103 cm³/mol. The molecule has 8 nitrogen and oxygen atoms in total. The van der Waals surface area contributed by atoms with Crippen LogP contribution in [0.2, 0.25) is 0 Å². The van der Waals surface area contributed by atoms with Gasteiger partial charge < -0.3 is 19.3 Å². The van der Waals surface area contributed by atoms with Gasteiger partial charge in [-0.05, 0) is 37.5 Å². The first-order chi connectivity index (χ1) is 13.9. The zero-order valence-electron chi connectivity index (χ0n) is 15.7. The molecular formula is C20H21NO7S. The summed E-state index contributed by atoms with van der Waals surface area (Å²) in [5.74, 6) is -0.417. The molecule has 4 rings (SSSR count). The van der Waals surface area contributed by atoms with E-state index < -0.39 is 22.2 Å². The molecule has 29 heavy (non-hydrogen) atoms. The Hall–Kier alpha value is -2.78. The molecule has 0 amide bonds. The Balaban J connectivity index is 1.61. The van der Waals surface area contributed by atoms with E-state index in [0.29, 0.717) is 5.75 Å². The fourth-order valence-corrected chi connectivity index (χ4v) is 5.15. The van der Waals surface area contributed by atoms with Gasteiger partial charge in [-0.15, -0.1) is 0 Å². The van der Waals surface area contributed by atoms with E-state index in [1.165, 1.54) is 25.3 Å². The summed E-state index contributed by atoms with van der Waals surface area (Å²) in [7, 11) is -2.88. The summed E-state index contributed by atoms with van der Waals surface area (Å²) in [6.07, 6.45) is 1.24. The number of sulfonamides is 1. The quantitative estimate of drug-likeness (QED) is 0.663. The number of para-hydroxylation sites is 2. The lowest BCUT2D eigenvalue weighted by molar-refractivity contribution is -0.145. The van der Waals surface area contributed by atoms with E-state index in [0.717, 1.165) is 24.8 Å². The number of hydrogen-bond donors (Lipinski definition) is 2. The lowest BCUT2D eigenvalue weighted by Gasteiger charge is -2.19. The van der Waals surface area contributed by atoms with Crippen molar-refractivity contribution in [2.24, 2.45) is 0 Å². The molecule has 1 aliphatic carbocycles. The van der Waals surface area contributed by atoms with Crippen molar-refractivity contribution in [3.63, 3.8) is 0 Å². The summed E-state index contributed by atoms with van der Waals surface area (Å²) in [4.78, 5) is 11.6. The maximum Gasteiger partial charge on any atom is 0.361 e. The van der Waals surface area contributed by atoms with Gasteiger partial charge in [-0.1, -0.05) is 24.3 Å². The van der Waals surface area contributed by atoms with Crippen LogP contribution in [0.4, 0.5) is 0 Å². The molecule has 0 aromatic heterocycles. The van der Waals surface area contributed by atoms with E-state index in [9.17, 15) is 18.3 Å². The fourth-order valence-electron chi connectivity index (χ4n) is 3.91. The van der Waals surface area contributed by atoms with Crippen molar-refractivity contribution in [1.82, 2.24) is 4.72 Å². The summed E-state index contributed by atoms with van der Waals surface area (Å²) >= 11 is 0. The summed E-state index contributed by atoms with van der Waals surface area (Å²) in [5, 5.41) is 9.56. The molecule has 1 saturated carbocycles. The van der Waals surface area contributed by atoms with Crippen LogP contribution in [0.1, 0.15) is 30.7 Å². The van der Waals surface area contributed by atoms with Gasteiger partial charge >= 0.3 is 5.97 Å². The van der Waals surface area contributed by atoms with Gasteiger partial charge in [0.25, 0.3) is 6.23 Å². The maximum atomic E-state index is 12.7. The Bertz CT molecular complexity index is 1040. The fraction of sp³-hybridized carbons (Fsp3) is 0.350. The number of ether oxygens (including phenoxy) is 3. The van der Waals surface area contributed by atoms with Gasteiger partial charge in [0.1, 0.15) is 16.7 Å². The lowest BCUT2D eigenvalue weighted by atomic mass is 9.97. The van der Waals surface area contributed by atoms with E-state index in [1.54, 1.807) is 18.2 Å². The van der Waals surface area contributed by atoms with E-state index in [2.05, 4.69) is 4.72 Å². The molecule has 0 bridgehead atoms. The number of fused-ring (bicyclic) bond motifs is 3. The standard InChI is InChI=1S/C20H21NO7S/c1-26-15-8-2-3-11-17(15)29(24,25)21-19(20(22)23)28-16-10-5-7-13-12-6-4-9-14(12)27-18(13)16/h2-3,5,7-8,10-12,14,19,21H,4,6,9H2,1H3,(H,22,23). The van der Waals surface area contributed by atoms with Gasteiger partial charge in [0.05, 0.1) is 7.11 Å². The third-order valence-electron chi connectivity index (χ3n) is 5.22. The van der Waals surface area contributed by atoms with E-state index in [4.69, 9.17) is 14.2 Å². The van der Waals surface area contributed by atoms with Crippen molar-refractivity contribution in [2.45, 2.75) is 42.4 Å². The summed E-state index contributed by atoms with van der Waals surface area (Å²) < 4.78 is 44.2. The van der Waals surface area contributed by atoms with Crippen molar-refractivity contribution in [3.8, 4) is 17.2 Å². The van der Waals surface area contributed by atoms with Crippen molar-refractivity contribution >= 4 is 16.0 Å². The number of nitrogens with one attached hydrogen (secondary N) is 1. The lowest BCUT2D eigenvalue weighted by Crippen LogP contribution is -2.44. The summed E-state index contributed by atoms with van der Waals surface area (Å²) in [6.45, 7) is 0. The molecule has 2 aromatic carbocycles. The van der Waals surface area contributed by atoms with Crippen LogP contribution in [0.3, 0.4) is 0 Å². The van der Waals surface area contributed by atoms with E-state index >= 15 is 0 Å². The van der Waals surface area contributed by atoms with Crippen molar-refractivity contribution in [2.75, 3.05) is 7.11 Å². The van der Waals surface area contributed by atoms with Crippen LogP contribution in [0.25, 0.3) is 0 Å². The minimum absolute atomic E-state index is 0.0586. The summed E-state index contributed by atoms with van der Waals surface area (Å²) in [5.41, 5.74) is 0.974. The zero-order valence-corrected chi connectivity index (χ0v) is 16.5. The smallest absolute Gasteiger partial charge is 0.361 e. The molecule has 0 radical (unpaired) electrons. The third kappa shape index (κ3) is 3.63. The van der Waals surface area contributed by atoms with E-state index in [1.807, 2.05) is 6.07 Å². The number of carbonyl (C=O) groups is 1. The molecule has 154 valence electrons. The molecule has 9 heteroatoms. The second-order valence-electron chi connectivity index (χ2n) is 6.98. The van der Waals surface area contributed by atoms with Gasteiger partial charge in [-0.3, -0.25) is 0 Å². The number of carboxylic acid groups (broad SMARTS) is 1.